The van der Waals surface area contributed by atoms with Crippen LogP contribution >= 0.6 is 11.8 Å². The molecule has 0 N–H and O–H groups in total. The van der Waals surface area contributed by atoms with Crippen molar-refractivity contribution >= 4 is 21.6 Å². The van der Waals surface area contributed by atoms with Crippen LogP contribution in [0, 0.1) is 0 Å². The van der Waals surface area contributed by atoms with Crippen LogP contribution in [0.25, 0.3) is 0 Å². The van der Waals surface area contributed by atoms with Crippen LogP contribution in [0.2, 0.25) is 0 Å². The van der Waals surface area contributed by atoms with Crippen molar-refractivity contribution in [2.24, 2.45) is 0 Å². The standard InChI is InChI=1S/C12H24N2O2S2/c1-11(2)17-7-5-13-3-4-14-6-8-18(15,16)10-12(14)9-13/h11-12H,3-10H2,1-2H3/t12-/m0/s1. The molecule has 1 atom stereocenters. The van der Waals surface area contributed by atoms with E-state index in [9.17, 15) is 8.42 Å². The zero-order valence-corrected chi connectivity index (χ0v) is 13.0. The predicted octanol–water partition coefficient (Wildman–Crippen LogP) is 0.543. The molecule has 0 aromatic rings. The van der Waals surface area contributed by atoms with Crippen molar-refractivity contribution in [2.45, 2.75) is 25.1 Å². The van der Waals surface area contributed by atoms with Gasteiger partial charge in [-0.3, -0.25) is 9.80 Å². The summed E-state index contributed by atoms with van der Waals surface area (Å²) in [5.41, 5.74) is 0. The number of fused-ring (bicyclic) bond motifs is 1. The maximum atomic E-state index is 11.7. The summed E-state index contributed by atoms with van der Waals surface area (Å²) in [6, 6.07) is 0.238. The van der Waals surface area contributed by atoms with Gasteiger partial charge >= 0.3 is 0 Å². The lowest BCUT2D eigenvalue weighted by atomic mass is 10.2. The molecule has 2 rings (SSSR count). The Balaban J connectivity index is 1.81. The van der Waals surface area contributed by atoms with Crippen LogP contribution in [0.4, 0.5) is 0 Å². The second kappa shape index (κ2) is 6.11. The molecule has 0 aromatic heterocycles. The van der Waals surface area contributed by atoms with Gasteiger partial charge in [-0.2, -0.15) is 11.8 Å². The first-order chi connectivity index (χ1) is 8.46. The molecule has 2 aliphatic rings. The van der Waals surface area contributed by atoms with Gasteiger partial charge in [0.1, 0.15) is 0 Å². The summed E-state index contributed by atoms with van der Waals surface area (Å²) in [6.07, 6.45) is 0. The second-order valence-electron chi connectivity index (χ2n) is 5.52. The minimum absolute atomic E-state index is 0.238. The Morgan fingerprint density at radius 3 is 2.78 bits per heavy atom. The van der Waals surface area contributed by atoms with E-state index in [1.165, 1.54) is 0 Å². The minimum Gasteiger partial charge on any atom is -0.300 e. The van der Waals surface area contributed by atoms with Gasteiger partial charge in [-0.1, -0.05) is 13.8 Å². The molecule has 0 unspecified atom stereocenters. The van der Waals surface area contributed by atoms with Crippen molar-refractivity contribution in [1.29, 1.82) is 0 Å². The van der Waals surface area contributed by atoms with E-state index in [4.69, 9.17) is 0 Å². The summed E-state index contributed by atoms with van der Waals surface area (Å²) in [5.74, 6) is 1.87. The summed E-state index contributed by atoms with van der Waals surface area (Å²) in [5, 5.41) is 0.682. The van der Waals surface area contributed by atoms with Crippen LogP contribution in [-0.4, -0.2) is 79.5 Å². The van der Waals surface area contributed by atoms with Crippen LogP contribution in [0.15, 0.2) is 0 Å². The summed E-state index contributed by atoms with van der Waals surface area (Å²) in [4.78, 5) is 4.78. The van der Waals surface area contributed by atoms with E-state index < -0.39 is 9.84 Å². The lowest BCUT2D eigenvalue weighted by Crippen LogP contribution is -2.59. The Kier molecular flexibility index (Phi) is 4.97. The smallest absolute Gasteiger partial charge is 0.153 e. The summed E-state index contributed by atoms with van der Waals surface area (Å²) < 4.78 is 23.3. The van der Waals surface area contributed by atoms with Gasteiger partial charge in [-0.15, -0.1) is 0 Å². The van der Waals surface area contributed by atoms with Crippen LogP contribution in [0.5, 0.6) is 0 Å². The molecule has 2 heterocycles. The predicted molar refractivity (Wildman–Crippen MR) is 78.0 cm³/mol. The average Bonchev–Trinajstić information content (AvgIpc) is 2.26. The van der Waals surface area contributed by atoms with Crippen molar-refractivity contribution in [3.63, 3.8) is 0 Å². The van der Waals surface area contributed by atoms with Gasteiger partial charge < -0.3 is 0 Å². The monoisotopic (exact) mass is 292 g/mol. The van der Waals surface area contributed by atoms with Gasteiger partial charge in [0, 0.05) is 44.5 Å². The van der Waals surface area contributed by atoms with E-state index >= 15 is 0 Å². The Morgan fingerprint density at radius 1 is 1.28 bits per heavy atom. The fraction of sp³-hybridized carbons (Fsp3) is 1.00. The molecule has 0 saturated carbocycles. The first-order valence-corrected chi connectivity index (χ1v) is 9.62. The van der Waals surface area contributed by atoms with Crippen LogP contribution < -0.4 is 0 Å². The van der Waals surface area contributed by atoms with E-state index in [-0.39, 0.29) is 6.04 Å². The fourth-order valence-electron chi connectivity index (χ4n) is 2.66. The minimum atomic E-state index is -2.78. The van der Waals surface area contributed by atoms with Gasteiger partial charge in [0.05, 0.1) is 11.5 Å². The largest absolute Gasteiger partial charge is 0.300 e. The van der Waals surface area contributed by atoms with Crippen molar-refractivity contribution < 1.29 is 8.42 Å². The molecule has 106 valence electrons. The molecular weight excluding hydrogens is 268 g/mol. The zero-order valence-electron chi connectivity index (χ0n) is 11.3. The Labute approximate surface area is 115 Å². The number of piperazine rings is 1. The van der Waals surface area contributed by atoms with Crippen LogP contribution in [-0.2, 0) is 9.84 Å². The first-order valence-electron chi connectivity index (χ1n) is 6.75. The number of rotatable bonds is 4. The molecule has 2 fully saturated rings. The van der Waals surface area contributed by atoms with Crippen molar-refractivity contribution in [1.82, 2.24) is 9.80 Å². The number of hydrogen-bond donors (Lipinski definition) is 0. The second-order valence-corrected chi connectivity index (χ2v) is 9.44. The summed E-state index contributed by atoms with van der Waals surface area (Å²) in [6.45, 7) is 9.32. The molecule has 6 heteroatoms. The molecule has 0 spiro atoms. The Hall–Kier alpha value is 0.220. The molecule has 0 bridgehead atoms. The SMILES string of the molecule is CC(C)SCCN1CCN2CCS(=O)(=O)C[C@@H]2C1. The topological polar surface area (TPSA) is 40.6 Å². The number of hydrogen-bond acceptors (Lipinski definition) is 5. The molecule has 0 aliphatic carbocycles. The third-order valence-electron chi connectivity index (χ3n) is 3.68. The molecule has 0 aromatic carbocycles. The average molecular weight is 292 g/mol. The highest BCUT2D eigenvalue weighted by molar-refractivity contribution is 7.99. The molecule has 18 heavy (non-hydrogen) atoms. The van der Waals surface area contributed by atoms with E-state index in [0.717, 1.165) is 38.5 Å². The molecule has 2 saturated heterocycles. The lowest BCUT2D eigenvalue weighted by molar-refractivity contribution is 0.0900. The van der Waals surface area contributed by atoms with Crippen molar-refractivity contribution in [2.75, 3.05) is 50.0 Å². The number of sulfone groups is 1. The number of nitrogens with zero attached hydrogens (tertiary/aromatic N) is 2. The van der Waals surface area contributed by atoms with E-state index in [2.05, 4.69) is 23.6 Å². The third-order valence-corrected chi connectivity index (χ3v) is 6.47. The summed E-state index contributed by atoms with van der Waals surface area (Å²) in [7, 11) is -2.78. The van der Waals surface area contributed by atoms with E-state index in [1.807, 2.05) is 11.8 Å². The highest BCUT2D eigenvalue weighted by Gasteiger charge is 2.34. The van der Waals surface area contributed by atoms with Gasteiger partial charge in [-0.05, 0) is 5.25 Å². The maximum Gasteiger partial charge on any atom is 0.153 e. The van der Waals surface area contributed by atoms with Gasteiger partial charge in [0.15, 0.2) is 9.84 Å². The molecule has 2 aliphatic heterocycles. The van der Waals surface area contributed by atoms with Crippen LogP contribution in [0.1, 0.15) is 13.8 Å². The van der Waals surface area contributed by atoms with Gasteiger partial charge in [0.2, 0.25) is 0 Å². The lowest BCUT2D eigenvalue weighted by Gasteiger charge is -2.43. The molecule has 0 amide bonds. The fourth-order valence-corrected chi connectivity index (χ4v) is 5.08. The molecular formula is C12H24N2O2S2. The Bertz CT molecular complexity index is 370. The summed E-state index contributed by atoms with van der Waals surface area (Å²) >= 11 is 1.98. The first kappa shape index (κ1) is 14.6. The highest BCUT2D eigenvalue weighted by Crippen LogP contribution is 2.18. The van der Waals surface area contributed by atoms with Crippen molar-refractivity contribution in [3.8, 4) is 0 Å². The van der Waals surface area contributed by atoms with Crippen molar-refractivity contribution in [3.05, 3.63) is 0 Å². The van der Waals surface area contributed by atoms with E-state index in [0.29, 0.717) is 16.8 Å². The normalized spacial score (nSPS) is 29.4. The number of thioether (sulfide) groups is 1. The molecule has 0 radical (unpaired) electrons. The quantitative estimate of drug-likeness (QED) is 0.756. The van der Waals surface area contributed by atoms with Gasteiger partial charge in [-0.25, -0.2) is 8.42 Å². The highest BCUT2D eigenvalue weighted by atomic mass is 32.2. The zero-order chi connectivity index (χ0) is 13.2. The molecule has 4 nitrogen and oxygen atoms in total. The van der Waals surface area contributed by atoms with Gasteiger partial charge in [0.25, 0.3) is 0 Å². The Morgan fingerprint density at radius 2 is 2.06 bits per heavy atom. The third kappa shape index (κ3) is 4.11. The maximum absolute atomic E-state index is 11.7. The van der Waals surface area contributed by atoms with E-state index in [1.54, 1.807) is 0 Å². The van der Waals surface area contributed by atoms with Crippen LogP contribution in [0.3, 0.4) is 0 Å².